The molecule has 0 saturated carbocycles. The summed E-state index contributed by atoms with van der Waals surface area (Å²) in [5, 5.41) is 54.5. The molecule has 1 amide bonds. The monoisotopic (exact) mass is 764 g/mol. The van der Waals surface area contributed by atoms with Crippen LogP contribution < -0.4 is 5.32 Å². The second-order valence-electron chi connectivity index (χ2n) is 15.3. The van der Waals surface area contributed by atoms with Crippen LogP contribution in [0.25, 0.3) is 0 Å². The molecule has 1 fully saturated rings. The summed E-state index contributed by atoms with van der Waals surface area (Å²) in [5.41, 5.74) is 0. The molecule has 314 valence electrons. The molecule has 8 atom stereocenters. The maximum atomic E-state index is 13.0. The maximum Gasteiger partial charge on any atom is 0.220 e. The van der Waals surface area contributed by atoms with E-state index in [2.05, 4.69) is 67.8 Å². The highest BCUT2D eigenvalue weighted by Crippen LogP contribution is 2.24. The SMILES string of the molecule is CCCCC/C=C\C/C=C\C/C=C\C/C=C\CCCC(=O)N[C@@H](COC1OC(CO)C(O)C(O)C1O)[C@H](C)[C@H](O)CCCCCCCCCCCCCC. The van der Waals surface area contributed by atoms with Gasteiger partial charge in [0.05, 0.1) is 25.4 Å². The van der Waals surface area contributed by atoms with Gasteiger partial charge in [-0.1, -0.05) is 159 Å². The highest BCUT2D eigenvalue weighted by atomic mass is 16.7. The Morgan fingerprint density at radius 2 is 1.15 bits per heavy atom. The van der Waals surface area contributed by atoms with E-state index in [9.17, 15) is 30.3 Å². The molecule has 1 aliphatic heterocycles. The molecular formula is C45H81NO8. The van der Waals surface area contributed by atoms with E-state index < -0.39 is 49.5 Å². The van der Waals surface area contributed by atoms with Crippen LogP contribution in [-0.2, 0) is 14.3 Å². The van der Waals surface area contributed by atoms with E-state index in [0.717, 1.165) is 44.9 Å². The number of nitrogens with one attached hydrogen (secondary N) is 1. The van der Waals surface area contributed by atoms with Gasteiger partial charge in [-0.3, -0.25) is 4.79 Å². The van der Waals surface area contributed by atoms with Crippen LogP contribution in [0, 0.1) is 5.92 Å². The Hall–Kier alpha value is -1.85. The predicted octanol–water partition coefficient (Wildman–Crippen LogP) is 8.52. The van der Waals surface area contributed by atoms with E-state index >= 15 is 0 Å². The van der Waals surface area contributed by atoms with Crippen LogP contribution in [0.2, 0.25) is 0 Å². The number of carbonyl (C=O) groups excluding carboxylic acids is 1. The maximum absolute atomic E-state index is 13.0. The number of ether oxygens (including phenoxy) is 2. The first kappa shape index (κ1) is 50.2. The number of rotatable bonds is 34. The van der Waals surface area contributed by atoms with Gasteiger partial charge >= 0.3 is 0 Å². The normalized spacial score (nSPS) is 22.6. The molecule has 9 heteroatoms. The summed E-state index contributed by atoms with van der Waals surface area (Å²) in [4.78, 5) is 13.0. The molecule has 54 heavy (non-hydrogen) atoms. The van der Waals surface area contributed by atoms with Crippen molar-refractivity contribution in [1.82, 2.24) is 5.32 Å². The van der Waals surface area contributed by atoms with Crippen LogP contribution in [0.15, 0.2) is 48.6 Å². The molecular weight excluding hydrogens is 682 g/mol. The second kappa shape index (κ2) is 34.4. The summed E-state index contributed by atoms with van der Waals surface area (Å²) in [6, 6.07) is -0.575. The largest absolute Gasteiger partial charge is 0.394 e. The minimum absolute atomic E-state index is 0.0811. The Labute approximate surface area is 329 Å². The van der Waals surface area contributed by atoms with Crippen molar-refractivity contribution in [1.29, 1.82) is 0 Å². The van der Waals surface area contributed by atoms with Crippen LogP contribution >= 0.6 is 0 Å². The zero-order valence-electron chi connectivity index (χ0n) is 34.4. The van der Waals surface area contributed by atoms with Gasteiger partial charge in [0.25, 0.3) is 0 Å². The Morgan fingerprint density at radius 1 is 0.667 bits per heavy atom. The van der Waals surface area contributed by atoms with E-state index in [1.54, 1.807) is 0 Å². The summed E-state index contributed by atoms with van der Waals surface area (Å²) in [7, 11) is 0. The van der Waals surface area contributed by atoms with E-state index in [-0.39, 0.29) is 18.4 Å². The molecule has 0 bridgehead atoms. The summed E-state index contributed by atoms with van der Waals surface area (Å²) in [6.45, 7) is 5.71. The van der Waals surface area contributed by atoms with E-state index in [1.807, 2.05) is 6.92 Å². The molecule has 0 aliphatic carbocycles. The van der Waals surface area contributed by atoms with Gasteiger partial charge in [-0.15, -0.1) is 0 Å². The van der Waals surface area contributed by atoms with Crippen LogP contribution in [0.5, 0.6) is 0 Å². The van der Waals surface area contributed by atoms with Crippen molar-refractivity contribution in [3.05, 3.63) is 48.6 Å². The third-order valence-corrected chi connectivity index (χ3v) is 10.5. The van der Waals surface area contributed by atoms with Crippen molar-refractivity contribution in [2.75, 3.05) is 13.2 Å². The number of hydrogen-bond acceptors (Lipinski definition) is 8. The number of carbonyl (C=O) groups is 1. The number of unbranched alkanes of at least 4 members (excludes halogenated alkanes) is 15. The lowest BCUT2D eigenvalue weighted by atomic mass is 9.91. The van der Waals surface area contributed by atoms with Crippen molar-refractivity contribution in [3.8, 4) is 0 Å². The molecule has 1 heterocycles. The number of amides is 1. The summed E-state index contributed by atoms with van der Waals surface area (Å²) < 4.78 is 11.3. The van der Waals surface area contributed by atoms with Crippen molar-refractivity contribution in [2.45, 2.75) is 211 Å². The lowest BCUT2D eigenvalue weighted by Crippen LogP contribution is -2.60. The van der Waals surface area contributed by atoms with Gasteiger partial charge in [0.2, 0.25) is 5.91 Å². The molecule has 0 aromatic carbocycles. The second-order valence-corrected chi connectivity index (χ2v) is 15.3. The van der Waals surface area contributed by atoms with E-state index in [0.29, 0.717) is 19.3 Å². The fourth-order valence-corrected chi connectivity index (χ4v) is 6.67. The predicted molar refractivity (Wildman–Crippen MR) is 221 cm³/mol. The number of aliphatic hydroxyl groups excluding tert-OH is 5. The summed E-state index contributed by atoms with van der Waals surface area (Å²) in [5.74, 6) is -0.502. The van der Waals surface area contributed by atoms with Gasteiger partial charge in [-0.25, -0.2) is 0 Å². The Morgan fingerprint density at radius 3 is 1.69 bits per heavy atom. The molecule has 0 spiro atoms. The van der Waals surface area contributed by atoms with Gasteiger partial charge in [-0.05, 0) is 51.4 Å². The molecule has 1 saturated heterocycles. The summed E-state index contributed by atoms with van der Waals surface area (Å²) >= 11 is 0. The standard InChI is InChI=1S/C45H81NO8/c1-4-6-8-10-12-14-16-18-19-20-21-22-24-26-28-30-32-34-41(49)46-38(36-53-45-44(52)43(51)42(50)40(35-47)54-45)37(3)39(48)33-31-29-27-25-23-17-15-13-11-9-7-5-2/h12,14,18-19,21-22,26,28,37-40,42-45,47-48,50-52H,4-11,13,15-17,20,23-25,27,29-36H2,1-3H3,(H,46,49)/b14-12-,19-18-,22-21-,28-26-/t37-,38-,39+,40?,42?,43?,44?,45?/m0/s1. The van der Waals surface area contributed by atoms with Gasteiger partial charge in [0, 0.05) is 12.3 Å². The Kier molecular flexibility index (Phi) is 32.0. The lowest BCUT2D eigenvalue weighted by Gasteiger charge is -2.40. The van der Waals surface area contributed by atoms with Crippen LogP contribution in [0.1, 0.15) is 168 Å². The van der Waals surface area contributed by atoms with Crippen molar-refractivity contribution >= 4 is 5.91 Å². The number of aliphatic hydroxyl groups is 5. The van der Waals surface area contributed by atoms with Crippen molar-refractivity contribution < 1.29 is 39.8 Å². The van der Waals surface area contributed by atoms with Crippen LogP contribution in [0.3, 0.4) is 0 Å². The van der Waals surface area contributed by atoms with Gasteiger partial charge in [0.15, 0.2) is 6.29 Å². The van der Waals surface area contributed by atoms with Crippen molar-refractivity contribution in [2.24, 2.45) is 5.92 Å². The first-order valence-corrected chi connectivity index (χ1v) is 21.8. The number of allylic oxidation sites excluding steroid dienone is 8. The fraction of sp³-hybridized carbons (Fsp3) is 0.800. The Balaban J connectivity index is 2.50. The average molecular weight is 764 g/mol. The highest BCUT2D eigenvalue weighted by molar-refractivity contribution is 5.76. The third-order valence-electron chi connectivity index (χ3n) is 10.5. The first-order valence-electron chi connectivity index (χ1n) is 21.8. The molecule has 6 N–H and O–H groups in total. The van der Waals surface area contributed by atoms with Crippen molar-refractivity contribution in [3.63, 3.8) is 0 Å². The molecule has 1 aliphatic rings. The summed E-state index contributed by atoms with van der Waals surface area (Å²) in [6.07, 6.45) is 34.8. The van der Waals surface area contributed by atoms with Gasteiger partial charge in [-0.2, -0.15) is 0 Å². The quantitative estimate of drug-likeness (QED) is 0.0282. The van der Waals surface area contributed by atoms with Gasteiger partial charge in [0.1, 0.15) is 24.4 Å². The van der Waals surface area contributed by atoms with E-state index in [1.165, 1.54) is 83.5 Å². The lowest BCUT2D eigenvalue weighted by molar-refractivity contribution is -0.302. The minimum Gasteiger partial charge on any atom is -0.394 e. The molecule has 0 aromatic rings. The third kappa shape index (κ3) is 24.6. The smallest absolute Gasteiger partial charge is 0.220 e. The molecule has 9 nitrogen and oxygen atoms in total. The zero-order chi connectivity index (χ0) is 39.7. The highest BCUT2D eigenvalue weighted by Gasteiger charge is 2.44. The Bertz CT molecular complexity index is 998. The van der Waals surface area contributed by atoms with E-state index in [4.69, 9.17) is 9.47 Å². The van der Waals surface area contributed by atoms with Crippen LogP contribution in [-0.4, -0.2) is 87.5 Å². The molecule has 0 aromatic heterocycles. The first-order chi connectivity index (χ1) is 26.3. The zero-order valence-corrected chi connectivity index (χ0v) is 34.4. The average Bonchev–Trinajstić information content (AvgIpc) is 3.17. The fourth-order valence-electron chi connectivity index (χ4n) is 6.67. The van der Waals surface area contributed by atoms with Crippen LogP contribution in [0.4, 0.5) is 0 Å². The van der Waals surface area contributed by atoms with Gasteiger partial charge < -0.3 is 40.3 Å². The molecule has 5 unspecified atom stereocenters. The topological polar surface area (TPSA) is 149 Å². The molecule has 1 rings (SSSR count). The number of hydrogen-bond donors (Lipinski definition) is 6. The minimum atomic E-state index is -1.56. The molecule has 0 radical (unpaired) electrons.